The Morgan fingerprint density at radius 1 is 1.16 bits per heavy atom. The van der Waals surface area contributed by atoms with E-state index in [0.29, 0.717) is 6.04 Å². The van der Waals surface area contributed by atoms with Crippen LogP contribution in [0.1, 0.15) is 63.1 Å². The predicted molar refractivity (Wildman–Crippen MR) is 83.3 cm³/mol. The number of anilines is 1. The van der Waals surface area contributed by atoms with Crippen molar-refractivity contribution >= 4 is 5.69 Å². The van der Waals surface area contributed by atoms with Gasteiger partial charge in [-0.2, -0.15) is 0 Å². The minimum Gasteiger partial charge on any atom is -0.399 e. The Hall–Kier alpha value is -1.02. The molecule has 2 heteroatoms. The molecule has 0 fully saturated rings. The highest BCUT2D eigenvalue weighted by Crippen LogP contribution is 2.36. The van der Waals surface area contributed by atoms with Gasteiger partial charge in [-0.3, -0.25) is 4.90 Å². The standard InChI is InChI=1S/C17H28N2/c1-3-5-11-19(12-6-4-2)17-10-7-14-13-15(18)8-9-16(14)17/h8-9,13,17H,3-7,10-12,18H2,1-2H3. The molecule has 0 saturated heterocycles. The van der Waals surface area contributed by atoms with Gasteiger partial charge in [-0.05, 0) is 62.0 Å². The quantitative estimate of drug-likeness (QED) is 0.746. The second kappa shape index (κ2) is 6.95. The van der Waals surface area contributed by atoms with Crippen LogP contribution in [0.25, 0.3) is 0 Å². The molecular weight excluding hydrogens is 232 g/mol. The van der Waals surface area contributed by atoms with Gasteiger partial charge in [-0.1, -0.05) is 32.8 Å². The molecule has 1 aromatic rings. The monoisotopic (exact) mass is 260 g/mol. The molecule has 106 valence electrons. The van der Waals surface area contributed by atoms with Crippen molar-refractivity contribution in [3.63, 3.8) is 0 Å². The number of hydrogen-bond donors (Lipinski definition) is 1. The summed E-state index contributed by atoms with van der Waals surface area (Å²) < 4.78 is 0. The maximum absolute atomic E-state index is 5.90. The van der Waals surface area contributed by atoms with E-state index in [-0.39, 0.29) is 0 Å². The van der Waals surface area contributed by atoms with Gasteiger partial charge in [0.05, 0.1) is 0 Å². The Balaban J connectivity index is 2.10. The third-order valence-electron chi connectivity index (χ3n) is 4.25. The highest BCUT2D eigenvalue weighted by atomic mass is 15.2. The first-order valence-electron chi connectivity index (χ1n) is 7.88. The molecule has 0 spiro atoms. The zero-order valence-electron chi connectivity index (χ0n) is 12.5. The molecule has 0 heterocycles. The molecule has 1 aliphatic rings. The fourth-order valence-corrected chi connectivity index (χ4v) is 3.14. The van der Waals surface area contributed by atoms with Crippen LogP contribution in [0.15, 0.2) is 18.2 Å². The van der Waals surface area contributed by atoms with Crippen molar-refractivity contribution in [2.24, 2.45) is 0 Å². The minimum absolute atomic E-state index is 0.633. The van der Waals surface area contributed by atoms with Crippen LogP contribution >= 0.6 is 0 Å². The van der Waals surface area contributed by atoms with Gasteiger partial charge in [0.1, 0.15) is 0 Å². The lowest BCUT2D eigenvalue weighted by atomic mass is 10.1. The minimum atomic E-state index is 0.633. The van der Waals surface area contributed by atoms with Crippen LogP contribution in [0.3, 0.4) is 0 Å². The van der Waals surface area contributed by atoms with E-state index >= 15 is 0 Å². The number of rotatable bonds is 7. The first kappa shape index (κ1) is 14.4. The number of unbranched alkanes of at least 4 members (excludes halogenated alkanes) is 2. The fourth-order valence-electron chi connectivity index (χ4n) is 3.14. The molecule has 1 aromatic carbocycles. The van der Waals surface area contributed by atoms with Gasteiger partial charge in [0.25, 0.3) is 0 Å². The van der Waals surface area contributed by atoms with Crippen molar-refractivity contribution in [3.8, 4) is 0 Å². The lowest BCUT2D eigenvalue weighted by molar-refractivity contribution is 0.191. The van der Waals surface area contributed by atoms with Crippen molar-refractivity contribution in [1.82, 2.24) is 4.90 Å². The summed E-state index contributed by atoms with van der Waals surface area (Å²) in [5.74, 6) is 0. The fraction of sp³-hybridized carbons (Fsp3) is 0.647. The molecule has 19 heavy (non-hydrogen) atoms. The van der Waals surface area contributed by atoms with Crippen molar-refractivity contribution < 1.29 is 0 Å². The summed E-state index contributed by atoms with van der Waals surface area (Å²) in [6, 6.07) is 7.13. The highest BCUT2D eigenvalue weighted by molar-refractivity contribution is 5.47. The Morgan fingerprint density at radius 3 is 2.47 bits per heavy atom. The Kier molecular flexibility index (Phi) is 5.26. The van der Waals surface area contributed by atoms with Crippen LogP contribution in [-0.2, 0) is 6.42 Å². The average molecular weight is 260 g/mol. The number of hydrogen-bond acceptors (Lipinski definition) is 2. The van der Waals surface area contributed by atoms with Crippen molar-refractivity contribution in [3.05, 3.63) is 29.3 Å². The number of fused-ring (bicyclic) bond motifs is 1. The Morgan fingerprint density at radius 2 is 1.84 bits per heavy atom. The summed E-state index contributed by atoms with van der Waals surface area (Å²) in [5.41, 5.74) is 9.81. The smallest absolute Gasteiger partial charge is 0.0354 e. The first-order valence-corrected chi connectivity index (χ1v) is 7.88. The highest BCUT2D eigenvalue weighted by Gasteiger charge is 2.27. The molecule has 0 saturated carbocycles. The zero-order chi connectivity index (χ0) is 13.7. The zero-order valence-corrected chi connectivity index (χ0v) is 12.5. The van der Waals surface area contributed by atoms with E-state index in [2.05, 4.69) is 36.9 Å². The molecule has 1 atom stereocenters. The number of nitrogen functional groups attached to an aromatic ring is 1. The summed E-state index contributed by atoms with van der Waals surface area (Å²) >= 11 is 0. The van der Waals surface area contributed by atoms with Gasteiger partial charge in [-0.15, -0.1) is 0 Å². The van der Waals surface area contributed by atoms with Gasteiger partial charge in [0.2, 0.25) is 0 Å². The molecule has 2 nitrogen and oxygen atoms in total. The van der Waals surface area contributed by atoms with Crippen LogP contribution in [0, 0.1) is 0 Å². The van der Waals surface area contributed by atoms with E-state index < -0.39 is 0 Å². The lowest BCUT2D eigenvalue weighted by Crippen LogP contribution is -2.29. The maximum Gasteiger partial charge on any atom is 0.0354 e. The van der Waals surface area contributed by atoms with Crippen molar-refractivity contribution in [1.29, 1.82) is 0 Å². The molecule has 0 aliphatic heterocycles. The lowest BCUT2D eigenvalue weighted by Gasteiger charge is -2.29. The van der Waals surface area contributed by atoms with Gasteiger partial charge < -0.3 is 5.73 Å². The second-order valence-corrected chi connectivity index (χ2v) is 5.76. The predicted octanol–water partition coefficient (Wildman–Crippen LogP) is 4.16. The molecule has 1 unspecified atom stereocenters. The normalized spacial score (nSPS) is 17.9. The van der Waals surface area contributed by atoms with Gasteiger partial charge in [0, 0.05) is 11.7 Å². The maximum atomic E-state index is 5.90. The molecule has 1 aliphatic carbocycles. The van der Waals surface area contributed by atoms with Crippen molar-refractivity contribution in [2.45, 2.75) is 58.4 Å². The summed E-state index contributed by atoms with van der Waals surface area (Å²) in [6.45, 7) is 7.04. The number of nitrogens with zero attached hydrogens (tertiary/aromatic N) is 1. The third kappa shape index (κ3) is 3.50. The van der Waals surface area contributed by atoms with E-state index in [9.17, 15) is 0 Å². The summed E-state index contributed by atoms with van der Waals surface area (Å²) in [7, 11) is 0. The largest absolute Gasteiger partial charge is 0.399 e. The molecule has 0 aromatic heterocycles. The van der Waals surface area contributed by atoms with E-state index in [0.717, 1.165) is 5.69 Å². The topological polar surface area (TPSA) is 29.3 Å². The SMILES string of the molecule is CCCCN(CCCC)C1CCc2cc(N)ccc21. The molecule has 0 radical (unpaired) electrons. The number of benzene rings is 1. The van der Waals surface area contributed by atoms with Crippen LogP contribution < -0.4 is 5.73 Å². The van der Waals surface area contributed by atoms with Gasteiger partial charge in [-0.25, -0.2) is 0 Å². The van der Waals surface area contributed by atoms with Gasteiger partial charge >= 0.3 is 0 Å². The first-order chi connectivity index (χ1) is 9.26. The van der Waals surface area contributed by atoms with Crippen LogP contribution in [0.4, 0.5) is 5.69 Å². The molecule has 2 rings (SSSR count). The summed E-state index contributed by atoms with van der Waals surface area (Å²) in [5, 5.41) is 0. The molecule has 0 bridgehead atoms. The van der Waals surface area contributed by atoms with E-state index in [1.54, 1.807) is 0 Å². The average Bonchev–Trinajstić information content (AvgIpc) is 2.82. The summed E-state index contributed by atoms with van der Waals surface area (Å²) in [4.78, 5) is 2.70. The Bertz CT molecular complexity index is 392. The van der Waals surface area contributed by atoms with Crippen LogP contribution in [0.2, 0.25) is 0 Å². The number of aryl methyl sites for hydroxylation is 1. The number of nitrogens with two attached hydrogens (primary N) is 1. The van der Waals surface area contributed by atoms with E-state index in [4.69, 9.17) is 5.73 Å². The Labute approximate surface area is 118 Å². The third-order valence-corrected chi connectivity index (χ3v) is 4.25. The molecule has 0 amide bonds. The van der Waals surface area contributed by atoms with Crippen LogP contribution in [0.5, 0.6) is 0 Å². The molecular formula is C17H28N2. The summed E-state index contributed by atoms with van der Waals surface area (Å²) in [6.07, 6.45) is 7.65. The molecule has 2 N–H and O–H groups in total. The van der Waals surface area contributed by atoms with E-state index in [1.807, 2.05) is 0 Å². The van der Waals surface area contributed by atoms with Gasteiger partial charge in [0.15, 0.2) is 0 Å². The van der Waals surface area contributed by atoms with E-state index in [1.165, 1.54) is 62.7 Å². The van der Waals surface area contributed by atoms with Crippen molar-refractivity contribution in [2.75, 3.05) is 18.8 Å². The van der Waals surface area contributed by atoms with Crippen LogP contribution in [-0.4, -0.2) is 18.0 Å². The second-order valence-electron chi connectivity index (χ2n) is 5.76.